The number of benzene rings is 1. The van der Waals surface area contributed by atoms with Gasteiger partial charge in [0.2, 0.25) is 5.91 Å². The Bertz CT molecular complexity index is 530. The van der Waals surface area contributed by atoms with E-state index in [0.29, 0.717) is 5.56 Å². The Morgan fingerprint density at radius 2 is 2.05 bits per heavy atom. The molecule has 0 saturated carbocycles. The second kappa shape index (κ2) is 6.33. The maximum Gasteiger partial charge on any atom is 0.326 e. The van der Waals surface area contributed by atoms with Gasteiger partial charge >= 0.3 is 5.97 Å². The van der Waals surface area contributed by atoms with Crippen molar-refractivity contribution in [2.24, 2.45) is 5.73 Å². The molecular formula is C12H13BrN2O4. The summed E-state index contributed by atoms with van der Waals surface area (Å²) in [5.41, 5.74) is 6.18. The van der Waals surface area contributed by atoms with Crippen LogP contribution in [-0.2, 0) is 9.59 Å². The number of hydrogen-bond acceptors (Lipinski definition) is 3. The molecule has 2 amide bonds. The molecule has 6 nitrogen and oxygen atoms in total. The van der Waals surface area contributed by atoms with Crippen LogP contribution in [0, 0.1) is 6.92 Å². The average molecular weight is 329 g/mol. The Balaban J connectivity index is 2.84. The second-order valence-corrected chi connectivity index (χ2v) is 4.85. The summed E-state index contributed by atoms with van der Waals surface area (Å²) in [5, 5.41) is 11.1. The molecule has 102 valence electrons. The van der Waals surface area contributed by atoms with Gasteiger partial charge in [0.1, 0.15) is 6.04 Å². The van der Waals surface area contributed by atoms with Crippen LogP contribution in [0.1, 0.15) is 22.3 Å². The summed E-state index contributed by atoms with van der Waals surface area (Å²) >= 11 is 3.28. The largest absolute Gasteiger partial charge is 0.480 e. The SMILES string of the molecule is Cc1ccc(C(=O)N[C@@H](CC(N)=O)C(=O)O)cc1Br. The zero-order valence-electron chi connectivity index (χ0n) is 10.1. The van der Waals surface area contributed by atoms with E-state index in [4.69, 9.17) is 10.8 Å². The van der Waals surface area contributed by atoms with Crippen molar-refractivity contribution in [2.75, 3.05) is 0 Å². The molecule has 0 saturated heterocycles. The van der Waals surface area contributed by atoms with Crippen molar-refractivity contribution in [3.05, 3.63) is 33.8 Å². The Kier molecular flexibility index (Phi) is 5.05. The van der Waals surface area contributed by atoms with Crippen LogP contribution >= 0.6 is 15.9 Å². The molecule has 0 unspecified atom stereocenters. The summed E-state index contributed by atoms with van der Waals surface area (Å²) < 4.78 is 0.738. The zero-order valence-corrected chi connectivity index (χ0v) is 11.7. The van der Waals surface area contributed by atoms with Gasteiger partial charge in [0.15, 0.2) is 0 Å². The van der Waals surface area contributed by atoms with E-state index in [-0.39, 0.29) is 0 Å². The zero-order chi connectivity index (χ0) is 14.6. The highest BCUT2D eigenvalue weighted by Gasteiger charge is 2.22. The highest BCUT2D eigenvalue weighted by atomic mass is 79.9. The molecule has 0 bridgehead atoms. The number of carboxylic acid groups (broad SMARTS) is 1. The summed E-state index contributed by atoms with van der Waals surface area (Å²) in [6, 6.07) is 3.54. The standard InChI is InChI=1S/C12H13BrN2O4/c1-6-2-3-7(4-8(6)13)11(17)15-9(12(18)19)5-10(14)16/h2-4,9H,5H2,1H3,(H2,14,16)(H,15,17)(H,18,19)/t9-/m0/s1. The van der Waals surface area contributed by atoms with E-state index in [9.17, 15) is 14.4 Å². The first-order valence-electron chi connectivity index (χ1n) is 5.39. The summed E-state index contributed by atoms with van der Waals surface area (Å²) in [6.07, 6.45) is -0.450. The highest BCUT2D eigenvalue weighted by molar-refractivity contribution is 9.10. The smallest absolute Gasteiger partial charge is 0.326 e. The number of halogens is 1. The minimum atomic E-state index is -1.33. The molecule has 0 fully saturated rings. The third-order valence-corrected chi connectivity index (χ3v) is 3.30. The molecule has 7 heteroatoms. The summed E-state index contributed by atoms with van der Waals surface area (Å²) in [7, 11) is 0. The van der Waals surface area contributed by atoms with Crippen LogP contribution in [0.3, 0.4) is 0 Å². The lowest BCUT2D eigenvalue weighted by Gasteiger charge is -2.13. The van der Waals surface area contributed by atoms with Gasteiger partial charge in [0, 0.05) is 10.0 Å². The molecule has 1 atom stereocenters. The van der Waals surface area contributed by atoms with E-state index in [0.717, 1.165) is 10.0 Å². The van der Waals surface area contributed by atoms with E-state index in [1.807, 2.05) is 6.92 Å². The predicted molar refractivity (Wildman–Crippen MR) is 71.6 cm³/mol. The first kappa shape index (κ1) is 15.2. The number of amides is 2. The molecule has 0 heterocycles. The first-order valence-corrected chi connectivity index (χ1v) is 6.18. The van der Waals surface area contributed by atoms with Gasteiger partial charge in [-0.15, -0.1) is 0 Å². The fourth-order valence-corrected chi connectivity index (χ4v) is 1.76. The van der Waals surface area contributed by atoms with Crippen LogP contribution < -0.4 is 11.1 Å². The molecule has 0 aromatic heterocycles. The van der Waals surface area contributed by atoms with Gasteiger partial charge in [0.05, 0.1) is 6.42 Å². The maximum absolute atomic E-state index is 11.9. The number of carbonyl (C=O) groups excluding carboxylic acids is 2. The number of nitrogens with one attached hydrogen (secondary N) is 1. The highest BCUT2D eigenvalue weighted by Crippen LogP contribution is 2.17. The third-order valence-electron chi connectivity index (χ3n) is 2.44. The molecule has 1 aromatic carbocycles. The molecular weight excluding hydrogens is 316 g/mol. The fourth-order valence-electron chi connectivity index (χ4n) is 1.38. The molecule has 1 rings (SSSR count). The Labute approximate surface area is 118 Å². The fraction of sp³-hybridized carbons (Fsp3) is 0.250. The molecule has 19 heavy (non-hydrogen) atoms. The minimum absolute atomic E-state index is 0.299. The summed E-state index contributed by atoms with van der Waals surface area (Å²) in [5.74, 6) is -2.68. The number of carbonyl (C=O) groups is 3. The van der Waals surface area contributed by atoms with E-state index >= 15 is 0 Å². The number of aliphatic carboxylic acids is 1. The van der Waals surface area contributed by atoms with Crippen molar-refractivity contribution in [1.82, 2.24) is 5.32 Å². The molecule has 0 spiro atoms. The topological polar surface area (TPSA) is 109 Å². The normalized spacial score (nSPS) is 11.7. The van der Waals surface area contributed by atoms with Crippen LogP contribution in [0.15, 0.2) is 22.7 Å². The number of aryl methyl sites for hydroxylation is 1. The van der Waals surface area contributed by atoms with E-state index in [2.05, 4.69) is 21.2 Å². The van der Waals surface area contributed by atoms with E-state index < -0.39 is 30.2 Å². The van der Waals surface area contributed by atoms with Crippen molar-refractivity contribution in [3.8, 4) is 0 Å². The van der Waals surface area contributed by atoms with Crippen LogP contribution in [0.5, 0.6) is 0 Å². The Hall–Kier alpha value is -1.89. The van der Waals surface area contributed by atoms with Crippen molar-refractivity contribution >= 4 is 33.7 Å². The predicted octanol–water partition coefficient (Wildman–Crippen LogP) is 0.816. The van der Waals surface area contributed by atoms with E-state index in [1.54, 1.807) is 18.2 Å². The number of rotatable bonds is 5. The lowest BCUT2D eigenvalue weighted by atomic mass is 10.1. The minimum Gasteiger partial charge on any atom is -0.480 e. The quantitative estimate of drug-likeness (QED) is 0.743. The van der Waals surface area contributed by atoms with Gasteiger partial charge < -0.3 is 16.2 Å². The maximum atomic E-state index is 11.9. The molecule has 4 N–H and O–H groups in total. The lowest BCUT2D eigenvalue weighted by molar-refractivity contribution is -0.140. The van der Waals surface area contributed by atoms with Gasteiger partial charge in [-0.1, -0.05) is 22.0 Å². The monoisotopic (exact) mass is 328 g/mol. The molecule has 0 aliphatic carbocycles. The van der Waals surface area contributed by atoms with Crippen molar-refractivity contribution in [2.45, 2.75) is 19.4 Å². The van der Waals surface area contributed by atoms with Crippen molar-refractivity contribution < 1.29 is 19.5 Å². The number of carboxylic acids is 1. The number of hydrogen-bond donors (Lipinski definition) is 3. The van der Waals surface area contributed by atoms with Gasteiger partial charge in [-0.3, -0.25) is 9.59 Å². The molecule has 0 radical (unpaired) electrons. The molecule has 0 aliphatic heterocycles. The first-order chi connectivity index (χ1) is 8.81. The van der Waals surface area contributed by atoms with Crippen LogP contribution in [0.4, 0.5) is 0 Å². The number of primary amides is 1. The Morgan fingerprint density at radius 3 is 2.53 bits per heavy atom. The van der Waals surface area contributed by atoms with Crippen molar-refractivity contribution in [3.63, 3.8) is 0 Å². The average Bonchev–Trinajstić information content (AvgIpc) is 2.31. The number of nitrogens with two attached hydrogens (primary N) is 1. The molecule has 1 aromatic rings. The molecule has 0 aliphatic rings. The van der Waals surface area contributed by atoms with Gasteiger partial charge in [-0.2, -0.15) is 0 Å². The van der Waals surface area contributed by atoms with Gasteiger partial charge in [-0.25, -0.2) is 4.79 Å². The van der Waals surface area contributed by atoms with Crippen LogP contribution in [0.2, 0.25) is 0 Å². The van der Waals surface area contributed by atoms with Crippen LogP contribution in [0.25, 0.3) is 0 Å². The van der Waals surface area contributed by atoms with Crippen molar-refractivity contribution in [1.29, 1.82) is 0 Å². The van der Waals surface area contributed by atoms with Gasteiger partial charge in [0.25, 0.3) is 5.91 Å². The van der Waals surface area contributed by atoms with Gasteiger partial charge in [-0.05, 0) is 24.6 Å². The Morgan fingerprint density at radius 1 is 1.42 bits per heavy atom. The van der Waals surface area contributed by atoms with E-state index in [1.165, 1.54) is 0 Å². The summed E-state index contributed by atoms with van der Waals surface area (Å²) in [4.78, 5) is 33.5. The third kappa shape index (κ3) is 4.36. The summed E-state index contributed by atoms with van der Waals surface area (Å²) in [6.45, 7) is 1.86. The lowest BCUT2D eigenvalue weighted by Crippen LogP contribution is -2.43. The second-order valence-electron chi connectivity index (χ2n) is 4.00. The van der Waals surface area contributed by atoms with Crippen LogP contribution in [-0.4, -0.2) is 28.9 Å².